The third-order valence-corrected chi connectivity index (χ3v) is 6.45. The molecule has 0 aromatic heterocycles. The number of hydrogen-bond donors (Lipinski definition) is 1. The second-order valence-electron chi connectivity index (χ2n) is 9.20. The van der Waals surface area contributed by atoms with E-state index < -0.39 is 24.0 Å². The van der Waals surface area contributed by atoms with Crippen LogP contribution in [0, 0.1) is 5.82 Å². The van der Waals surface area contributed by atoms with E-state index in [1.165, 1.54) is 24.1 Å². The minimum Gasteiger partial charge on any atom is -0.493 e. The Bertz CT molecular complexity index is 1260. The van der Waals surface area contributed by atoms with Crippen molar-refractivity contribution in [1.82, 2.24) is 4.90 Å². The minimum atomic E-state index is -1.12. The Kier molecular flexibility index (Phi) is 7.50. The Morgan fingerprint density at radius 1 is 1.11 bits per heavy atom. The Labute approximate surface area is 214 Å². The highest BCUT2D eigenvalue weighted by Gasteiger charge is 2.38. The number of halogens is 2. The van der Waals surface area contributed by atoms with Crippen molar-refractivity contribution in [2.24, 2.45) is 0 Å². The van der Waals surface area contributed by atoms with Crippen LogP contribution in [0.5, 0.6) is 11.5 Å². The molecule has 0 fully saturated rings. The molecule has 0 aliphatic carbocycles. The summed E-state index contributed by atoms with van der Waals surface area (Å²) >= 11 is 6.01. The average molecular weight is 512 g/mol. The zero-order valence-corrected chi connectivity index (χ0v) is 20.8. The van der Waals surface area contributed by atoms with Gasteiger partial charge in [-0.1, -0.05) is 35.9 Å². The van der Waals surface area contributed by atoms with Crippen molar-refractivity contribution in [3.63, 3.8) is 0 Å². The summed E-state index contributed by atoms with van der Waals surface area (Å²) in [6.07, 6.45) is 1.58. The van der Waals surface area contributed by atoms with Crippen LogP contribution in [-0.4, -0.2) is 47.7 Å². The molecule has 4 rings (SSSR count). The second-order valence-corrected chi connectivity index (χ2v) is 9.63. The molecule has 0 saturated heterocycles. The number of aliphatic carboxylic acids is 1. The normalized spacial score (nSPS) is 16.2. The molecule has 3 aromatic rings. The highest BCUT2D eigenvalue weighted by atomic mass is 35.5. The predicted molar refractivity (Wildman–Crippen MR) is 135 cm³/mol. The maximum Gasteiger partial charge on any atom is 0.323 e. The minimum absolute atomic E-state index is 0.168. The molecule has 0 radical (unpaired) electrons. The number of carboxylic acids is 1. The van der Waals surface area contributed by atoms with Crippen molar-refractivity contribution < 1.29 is 28.6 Å². The summed E-state index contributed by atoms with van der Waals surface area (Å²) in [7, 11) is 1.51. The maximum atomic E-state index is 13.4. The summed E-state index contributed by atoms with van der Waals surface area (Å²) in [4.78, 5) is 26.2. The van der Waals surface area contributed by atoms with E-state index in [4.69, 9.17) is 21.1 Å². The molecule has 1 aliphatic heterocycles. The zero-order valence-electron chi connectivity index (χ0n) is 20.1. The van der Waals surface area contributed by atoms with E-state index in [1.54, 1.807) is 24.3 Å². The number of benzene rings is 3. The van der Waals surface area contributed by atoms with E-state index in [9.17, 15) is 19.1 Å². The van der Waals surface area contributed by atoms with Crippen LogP contribution in [0.3, 0.4) is 0 Å². The first kappa shape index (κ1) is 25.5. The molecular weight excluding hydrogens is 485 g/mol. The largest absolute Gasteiger partial charge is 0.493 e. The van der Waals surface area contributed by atoms with E-state index in [2.05, 4.69) is 0 Å². The predicted octanol–water partition coefficient (Wildman–Crippen LogP) is 5.19. The monoisotopic (exact) mass is 511 g/mol. The molecule has 1 N–H and O–H groups in total. The van der Waals surface area contributed by atoms with Crippen LogP contribution in [0.15, 0.2) is 60.7 Å². The van der Waals surface area contributed by atoms with Gasteiger partial charge in [0.1, 0.15) is 18.0 Å². The molecule has 3 aromatic carbocycles. The maximum absolute atomic E-state index is 13.4. The van der Waals surface area contributed by atoms with Crippen molar-refractivity contribution in [2.45, 2.75) is 31.8 Å². The number of fused-ring (bicyclic) bond motifs is 1. The van der Waals surface area contributed by atoms with Gasteiger partial charge < -0.3 is 19.5 Å². The van der Waals surface area contributed by atoms with Gasteiger partial charge in [0, 0.05) is 35.5 Å². The molecular formula is C28H27ClFNO5. The van der Waals surface area contributed by atoms with Gasteiger partial charge in [-0.15, -0.1) is 0 Å². The molecule has 8 heteroatoms. The molecule has 0 saturated carbocycles. The smallest absolute Gasteiger partial charge is 0.323 e. The van der Waals surface area contributed by atoms with Crippen LogP contribution in [-0.2, 0) is 24.1 Å². The molecule has 0 spiro atoms. The van der Waals surface area contributed by atoms with E-state index in [1.807, 2.05) is 31.2 Å². The topological polar surface area (TPSA) is 76.1 Å². The number of methoxy groups -OCH3 is 1. The number of hydrogen-bond acceptors (Lipinski definition) is 4. The van der Waals surface area contributed by atoms with Gasteiger partial charge in [-0.25, -0.2) is 4.39 Å². The molecule has 188 valence electrons. The van der Waals surface area contributed by atoms with Gasteiger partial charge in [0.25, 0.3) is 5.91 Å². The summed E-state index contributed by atoms with van der Waals surface area (Å²) in [6.45, 7) is 1.72. The van der Waals surface area contributed by atoms with Crippen LogP contribution in [0.4, 0.5) is 4.39 Å². The van der Waals surface area contributed by atoms with Crippen LogP contribution in [0.1, 0.15) is 34.0 Å². The number of ether oxygens (including phenoxy) is 2. The summed E-state index contributed by atoms with van der Waals surface area (Å²) in [5.74, 6) is -0.889. The third-order valence-electron chi connectivity index (χ3n) is 6.20. The van der Waals surface area contributed by atoms with Crippen LogP contribution in [0.2, 0.25) is 5.02 Å². The molecule has 0 bridgehead atoms. The summed E-state index contributed by atoms with van der Waals surface area (Å²) in [5, 5.41) is 10.1. The van der Waals surface area contributed by atoms with Crippen LogP contribution >= 0.6 is 11.6 Å². The lowest BCUT2D eigenvalue weighted by atomic mass is 9.91. The Morgan fingerprint density at radius 2 is 1.78 bits per heavy atom. The lowest BCUT2D eigenvalue weighted by Gasteiger charge is -2.24. The molecule has 1 heterocycles. The van der Waals surface area contributed by atoms with E-state index in [-0.39, 0.29) is 12.4 Å². The SMILES string of the molecule is COc1cc(C(=O)N(CCc2ccc(F)cc2)CC(=O)O)cc2c1O[C@@](C)(Cc1ccc(Cl)cc1)C2. The number of rotatable bonds is 9. The van der Waals surface area contributed by atoms with Gasteiger partial charge in [0.05, 0.1) is 7.11 Å². The van der Waals surface area contributed by atoms with Crippen LogP contribution < -0.4 is 9.47 Å². The van der Waals surface area contributed by atoms with Gasteiger partial charge >= 0.3 is 5.97 Å². The van der Waals surface area contributed by atoms with Gasteiger partial charge in [-0.05, 0) is 60.9 Å². The molecule has 1 atom stereocenters. The van der Waals surface area contributed by atoms with E-state index in [0.717, 1.165) is 16.7 Å². The van der Waals surface area contributed by atoms with Gasteiger partial charge in [0.15, 0.2) is 11.5 Å². The average Bonchev–Trinajstić information content (AvgIpc) is 3.18. The number of carbonyl (C=O) groups excluding carboxylic acids is 1. The van der Waals surface area contributed by atoms with Crippen molar-refractivity contribution >= 4 is 23.5 Å². The summed E-state index contributed by atoms with van der Waals surface area (Å²) in [5.41, 5.74) is 2.47. The Balaban J connectivity index is 1.55. The van der Waals surface area contributed by atoms with Gasteiger partial charge in [-0.3, -0.25) is 9.59 Å². The summed E-state index contributed by atoms with van der Waals surface area (Å²) < 4.78 is 25.1. The fourth-order valence-electron chi connectivity index (χ4n) is 4.51. The highest BCUT2D eigenvalue weighted by Crippen LogP contribution is 2.44. The summed E-state index contributed by atoms with van der Waals surface area (Å²) in [6, 6.07) is 16.8. The van der Waals surface area contributed by atoms with Crippen molar-refractivity contribution in [1.29, 1.82) is 0 Å². The lowest BCUT2D eigenvalue weighted by molar-refractivity contribution is -0.137. The van der Waals surface area contributed by atoms with Crippen molar-refractivity contribution in [3.8, 4) is 11.5 Å². The van der Waals surface area contributed by atoms with Gasteiger partial charge in [0.2, 0.25) is 0 Å². The lowest BCUT2D eigenvalue weighted by Crippen LogP contribution is -2.37. The second kappa shape index (κ2) is 10.6. The van der Waals surface area contributed by atoms with Crippen LogP contribution in [0.25, 0.3) is 0 Å². The number of carbonyl (C=O) groups is 2. The molecule has 36 heavy (non-hydrogen) atoms. The standard InChI is InChI=1S/C28H27ClFNO5/c1-28(15-19-3-7-22(29)8-4-19)16-21-13-20(14-24(35-2)26(21)36-28)27(34)31(17-25(32)33)12-11-18-5-9-23(30)10-6-18/h3-10,13-14H,11-12,15-17H2,1-2H3,(H,32,33)/t28-/m0/s1. The molecule has 0 unspecified atom stereocenters. The third kappa shape index (κ3) is 5.97. The first-order valence-electron chi connectivity index (χ1n) is 11.6. The quantitative estimate of drug-likeness (QED) is 0.427. The Hall–Kier alpha value is -3.58. The Morgan fingerprint density at radius 3 is 2.42 bits per heavy atom. The molecule has 1 aliphatic rings. The number of amides is 1. The zero-order chi connectivity index (χ0) is 25.9. The fourth-order valence-corrected chi connectivity index (χ4v) is 4.64. The highest BCUT2D eigenvalue weighted by molar-refractivity contribution is 6.30. The fraction of sp³-hybridized carbons (Fsp3) is 0.286. The molecule has 1 amide bonds. The van der Waals surface area contributed by atoms with Crippen molar-refractivity contribution in [3.05, 3.63) is 93.8 Å². The number of carboxylic acid groups (broad SMARTS) is 1. The van der Waals surface area contributed by atoms with E-state index in [0.29, 0.717) is 41.3 Å². The first-order chi connectivity index (χ1) is 17.2. The first-order valence-corrected chi connectivity index (χ1v) is 11.9. The van der Waals surface area contributed by atoms with E-state index >= 15 is 0 Å². The number of nitrogens with zero attached hydrogens (tertiary/aromatic N) is 1. The molecule has 6 nitrogen and oxygen atoms in total. The van der Waals surface area contributed by atoms with Crippen molar-refractivity contribution in [2.75, 3.05) is 20.2 Å². The van der Waals surface area contributed by atoms with Gasteiger partial charge in [-0.2, -0.15) is 0 Å².